The molecule has 2 bridgehead atoms. The highest BCUT2D eigenvalue weighted by Crippen LogP contribution is 2.47. The van der Waals surface area contributed by atoms with Gasteiger partial charge < -0.3 is 20.1 Å². The zero-order chi connectivity index (χ0) is 27.8. The summed E-state index contributed by atoms with van der Waals surface area (Å²) >= 11 is 0. The molecular formula is C30H35FN4O4. The lowest BCUT2D eigenvalue weighted by atomic mass is 9.77. The monoisotopic (exact) mass is 534 g/mol. The lowest BCUT2D eigenvalue weighted by Crippen LogP contribution is -2.61. The van der Waals surface area contributed by atoms with Gasteiger partial charge in [0.15, 0.2) is 0 Å². The maximum atomic E-state index is 15.8. The molecular weight excluding hydrogens is 499 g/mol. The minimum atomic E-state index is -0.859. The van der Waals surface area contributed by atoms with Gasteiger partial charge in [-0.15, -0.1) is 0 Å². The van der Waals surface area contributed by atoms with Gasteiger partial charge in [0, 0.05) is 30.7 Å². The van der Waals surface area contributed by atoms with E-state index in [1.165, 1.54) is 6.07 Å². The van der Waals surface area contributed by atoms with E-state index in [1.54, 1.807) is 4.90 Å². The van der Waals surface area contributed by atoms with Crippen LogP contribution in [0.25, 0.3) is 0 Å². The molecule has 2 heterocycles. The molecule has 8 nitrogen and oxygen atoms in total. The fourth-order valence-electron chi connectivity index (χ4n) is 6.27. The Kier molecular flexibility index (Phi) is 7.25. The second kappa shape index (κ2) is 10.5. The summed E-state index contributed by atoms with van der Waals surface area (Å²) in [6.07, 6.45) is 1.62. The first-order chi connectivity index (χ1) is 18.6. The van der Waals surface area contributed by atoms with Gasteiger partial charge in [-0.3, -0.25) is 4.90 Å². The number of alkyl carbamates (subject to hydrolysis) is 1. The van der Waals surface area contributed by atoms with Crippen molar-refractivity contribution in [2.75, 3.05) is 13.1 Å². The average molecular weight is 535 g/mol. The molecule has 3 atom stereocenters. The first-order valence-electron chi connectivity index (χ1n) is 13.6. The Morgan fingerprint density at radius 3 is 2.72 bits per heavy atom. The first-order valence-corrected chi connectivity index (χ1v) is 13.6. The number of benzene rings is 2. The summed E-state index contributed by atoms with van der Waals surface area (Å²) in [5, 5.41) is 16.5. The van der Waals surface area contributed by atoms with Crippen LogP contribution < -0.4 is 10.6 Å². The number of amides is 2. The van der Waals surface area contributed by atoms with E-state index in [0.29, 0.717) is 54.6 Å². The van der Waals surface area contributed by atoms with Gasteiger partial charge in [0.1, 0.15) is 18.0 Å². The number of halogens is 1. The Morgan fingerprint density at radius 2 is 2.00 bits per heavy atom. The van der Waals surface area contributed by atoms with Crippen LogP contribution in [0.4, 0.5) is 14.0 Å². The molecule has 0 radical (unpaired) electrons. The van der Waals surface area contributed by atoms with Crippen molar-refractivity contribution in [2.45, 2.75) is 82.7 Å². The van der Waals surface area contributed by atoms with Crippen molar-refractivity contribution in [2.24, 2.45) is 0 Å². The van der Waals surface area contributed by atoms with Crippen LogP contribution >= 0.6 is 0 Å². The zero-order valence-corrected chi connectivity index (χ0v) is 22.7. The summed E-state index contributed by atoms with van der Waals surface area (Å²) in [4.78, 5) is 27.5. The third kappa shape index (κ3) is 5.30. The van der Waals surface area contributed by atoms with Gasteiger partial charge in [-0.1, -0.05) is 30.3 Å². The molecule has 1 aliphatic carbocycles. The van der Waals surface area contributed by atoms with Crippen LogP contribution in [0.1, 0.15) is 67.9 Å². The number of nitrogens with one attached hydrogen (secondary N) is 2. The molecule has 2 aromatic rings. The van der Waals surface area contributed by atoms with Crippen LogP contribution in [0.15, 0.2) is 36.4 Å². The predicted molar refractivity (Wildman–Crippen MR) is 142 cm³/mol. The highest BCUT2D eigenvalue weighted by atomic mass is 19.1. The number of hydrogen-bond acceptors (Lipinski definition) is 6. The third-order valence-electron chi connectivity index (χ3n) is 7.94. The number of rotatable bonds is 4. The third-order valence-corrected chi connectivity index (χ3v) is 7.94. The largest absolute Gasteiger partial charge is 0.445 e. The highest BCUT2D eigenvalue weighted by molar-refractivity contribution is 5.72. The predicted octanol–water partition coefficient (Wildman–Crippen LogP) is 4.68. The SMILES string of the molecule is CC(C)(C)OC(=O)N1C2CCC1(c1cc(F)c3c(c1C#N)CCC(NC(=O)OCc1ccccc1)C3)CNC2. The summed E-state index contributed by atoms with van der Waals surface area (Å²) in [5.74, 6) is -0.421. The maximum absolute atomic E-state index is 15.8. The van der Waals surface area contributed by atoms with Crippen molar-refractivity contribution in [1.82, 2.24) is 15.5 Å². The Balaban J connectivity index is 1.39. The van der Waals surface area contributed by atoms with Crippen LogP contribution in [0.2, 0.25) is 0 Å². The van der Waals surface area contributed by atoms with E-state index in [9.17, 15) is 14.9 Å². The normalized spacial score (nSPS) is 23.9. The van der Waals surface area contributed by atoms with E-state index in [1.807, 2.05) is 51.1 Å². The van der Waals surface area contributed by atoms with Gasteiger partial charge in [-0.05, 0) is 75.6 Å². The quantitative estimate of drug-likeness (QED) is 0.591. The summed E-state index contributed by atoms with van der Waals surface area (Å²) in [7, 11) is 0. The van der Waals surface area contributed by atoms with Crippen LogP contribution in [-0.4, -0.2) is 47.9 Å². The van der Waals surface area contributed by atoms with Crippen LogP contribution in [0.3, 0.4) is 0 Å². The Morgan fingerprint density at radius 1 is 1.23 bits per heavy atom. The van der Waals surface area contributed by atoms with Crippen molar-refractivity contribution < 1.29 is 23.5 Å². The fourth-order valence-corrected chi connectivity index (χ4v) is 6.27. The summed E-state index contributed by atoms with van der Waals surface area (Å²) < 4.78 is 26.9. The number of nitriles is 1. The van der Waals surface area contributed by atoms with Crippen molar-refractivity contribution >= 4 is 12.2 Å². The molecule has 2 fully saturated rings. The number of nitrogens with zero attached hydrogens (tertiary/aromatic N) is 2. The molecule has 0 saturated carbocycles. The van der Waals surface area contributed by atoms with E-state index in [-0.39, 0.29) is 25.1 Å². The molecule has 3 aliphatic rings. The van der Waals surface area contributed by atoms with Crippen molar-refractivity contribution in [3.8, 4) is 6.07 Å². The second-order valence-electron chi connectivity index (χ2n) is 11.7. The molecule has 2 aromatic carbocycles. The smallest absolute Gasteiger partial charge is 0.411 e. The number of ether oxygens (including phenoxy) is 2. The molecule has 9 heteroatoms. The molecule has 3 unspecified atom stereocenters. The zero-order valence-electron chi connectivity index (χ0n) is 22.7. The topological polar surface area (TPSA) is 104 Å². The number of carbonyl (C=O) groups is 2. The van der Waals surface area contributed by atoms with Gasteiger partial charge in [0.2, 0.25) is 0 Å². The standard InChI is InChI=1S/C30H35FN4O4/c1-29(2,3)39-28(37)35-21-11-12-30(35,18-33-16-21)25-14-26(31)23-13-20(9-10-22(23)24(25)15-32)34-27(36)38-17-19-7-5-4-6-8-19/h4-8,14,20-21,33H,9-13,16-18H2,1-3H3,(H,34,36). The van der Waals surface area contributed by atoms with E-state index < -0.39 is 29.1 Å². The van der Waals surface area contributed by atoms with Gasteiger partial charge >= 0.3 is 12.2 Å². The number of carbonyl (C=O) groups excluding carboxylic acids is 2. The second-order valence-corrected chi connectivity index (χ2v) is 11.7. The first kappa shape index (κ1) is 26.9. The van der Waals surface area contributed by atoms with Crippen molar-refractivity contribution in [3.63, 3.8) is 0 Å². The van der Waals surface area contributed by atoms with E-state index in [0.717, 1.165) is 12.0 Å². The van der Waals surface area contributed by atoms with Crippen LogP contribution in [0, 0.1) is 17.1 Å². The molecule has 2 saturated heterocycles. The average Bonchev–Trinajstić information content (AvgIpc) is 3.13. The molecule has 39 heavy (non-hydrogen) atoms. The minimum absolute atomic E-state index is 0.0882. The van der Waals surface area contributed by atoms with E-state index >= 15 is 4.39 Å². The molecule has 0 aromatic heterocycles. The maximum Gasteiger partial charge on any atom is 0.411 e. The number of fused-ring (bicyclic) bond motifs is 3. The van der Waals surface area contributed by atoms with Crippen molar-refractivity contribution in [3.05, 3.63) is 70.0 Å². The fraction of sp³-hybridized carbons (Fsp3) is 0.500. The molecule has 206 valence electrons. The summed E-state index contributed by atoms with van der Waals surface area (Å²) in [5.41, 5.74) is 1.41. The molecule has 2 aliphatic heterocycles. The van der Waals surface area contributed by atoms with Gasteiger partial charge in [-0.2, -0.15) is 5.26 Å². The molecule has 2 amide bonds. The van der Waals surface area contributed by atoms with Crippen molar-refractivity contribution in [1.29, 1.82) is 5.26 Å². The highest BCUT2D eigenvalue weighted by Gasteiger charge is 2.55. The Labute approximate surface area is 228 Å². The van der Waals surface area contributed by atoms with E-state index in [4.69, 9.17) is 9.47 Å². The van der Waals surface area contributed by atoms with Gasteiger partial charge in [0.05, 0.1) is 17.2 Å². The molecule has 0 spiro atoms. The van der Waals surface area contributed by atoms with Gasteiger partial charge in [-0.25, -0.2) is 14.0 Å². The Bertz CT molecular complexity index is 1300. The molecule has 5 rings (SSSR count). The van der Waals surface area contributed by atoms with Crippen LogP contribution in [0.5, 0.6) is 0 Å². The minimum Gasteiger partial charge on any atom is -0.445 e. The lowest BCUT2D eigenvalue weighted by molar-refractivity contribution is -0.0116. The van der Waals surface area contributed by atoms with Gasteiger partial charge in [0.25, 0.3) is 0 Å². The molecule has 2 N–H and O–H groups in total. The Hall–Kier alpha value is -3.64. The van der Waals surface area contributed by atoms with E-state index in [2.05, 4.69) is 16.7 Å². The number of hydrogen-bond donors (Lipinski definition) is 2. The lowest BCUT2D eigenvalue weighted by Gasteiger charge is -2.46. The number of piperazine rings is 1. The van der Waals surface area contributed by atoms with Crippen LogP contribution in [-0.2, 0) is 34.5 Å². The summed E-state index contributed by atoms with van der Waals surface area (Å²) in [6.45, 7) is 6.67. The summed E-state index contributed by atoms with van der Waals surface area (Å²) in [6, 6.07) is 12.8.